The van der Waals surface area contributed by atoms with Gasteiger partial charge in [-0.05, 0) is 71.4 Å². The van der Waals surface area contributed by atoms with Gasteiger partial charge in [-0.25, -0.2) is 0 Å². The van der Waals surface area contributed by atoms with Crippen molar-refractivity contribution in [3.8, 4) is 0 Å². The van der Waals surface area contributed by atoms with Gasteiger partial charge < -0.3 is 15.6 Å². The fourth-order valence-electron chi connectivity index (χ4n) is 5.19. The molecular weight excluding hydrogens is 376 g/mol. The second-order valence-corrected chi connectivity index (χ2v) is 10.2. The third-order valence-electron chi connectivity index (χ3n) is 6.46. The van der Waals surface area contributed by atoms with Gasteiger partial charge in [-0.3, -0.25) is 14.5 Å². The number of fused-ring (bicyclic) bond motifs is 3. The number of aromatic amines is 1. The molecule has 2 saturated heterocycles. The molecule has 2 bridgehead atoms. The van der Waals surface area contributed by atoms with E-state index in [1.54, 1.807) is 6.20 Å². The number of hydrogen-bond donors (Lipinski definition) is 3. The molecule has 1 aromatic carbocycles. The number of piperidine rings is 1. The van der Waals surface area contributed by atoms with Gasteiger partial charge in [0, 0.05) is 41.3 Å². The van der Waals surface area contributed by atoms with Gasteiger partial charge >= 0.3 is 0 Å². The average molecular weight is 411 g/mol. The number of carbonyl (C=O) groups is 2. The van der Waals surface area contributed by atoms with Gasteiger partial charge in [-0.1, -0.05) is 11.6 Å². The number of H-pyrrole nitrogens is 1. The van der Waals surface area contributed by atoms with Crippen molar-refractivity contribution in [2.75, 3.05) is 13.1 Å². The van der Waals surface area contributed by atoms with Crippen molar-refractivity contribution in [3.63, 3.8) is 0 Å². The number of amides is 2. The zero-order valence-corrected chi connectivity index (χ0v) is 18.5. The maximum Gasteiger partial charge on any atom is 0.253 e. The summed E-state index contributed by atoms with van der Waals surface area (Å²) in [6, 6.07) is 7.03. The zero-order chi connectivity index (χ0) is 21.5. The lowest BCUT2D eigenvalue weighted by Gasteiger charge is -2.39. The van der Waals surface area contributed by atoms with Gasteiger partial charge in [-0.2, -0.15) is 0 Å². The van der Waals surface area contributed by atoms with E-state index in [4.69, 9.17) is 0 Å². The first-order chi connectivity index (χ1) is 14.2. The van der Waals surface area contributed by atoms with Crippen LogP contribution in [0.3, 0.4) is 0 Å². The SMILES string of the molecule is Cc1ccc2[nH]cc(C(=O)NCC3CC4CCC(C3)N4CC(=O)NC(C)(C)C)c2c1. The summed E-state index contributed by atoms with van der Waals surface area (Å²) in [5.41, 5.74) is 2.66. The molecule has 0 spiro atoms. The predicted molar refractivity (Wildman–Crippen MR) is 120 cm³/mol. The summed E-state index contributed by atoms with van der Waals surface area (Å²) in [4.78, 5) is 30.8. The van der Waals surface area contributed by atoms with Crippen LogP contribution in [0.25, 0.3) is 10.9 Å². The molecule has 6 nitrogen and oxygen atoms in total. The van der Waals surface area contributed by atoms with Crippen LogP contribution in [-0.4, -0.2) is 52.4 Å². The Morgan fingerprint density at radius 2 is 1.87 bits per heavy atom. The molecule has 1 aromatic heterocycles. The van der Waals surface area contributed by atoms with Gasteiger partial charge in [0.1, 0.15) is 0 Å². The number of nitrogens with one attached hydrogen (secondary N) is 3. The van der Waals surface area contributed by atoms with E-state index < -0.39 is 0 Å². The molecule has 0 aliphatic carbocycles. The lowest BCUT2D eigenvalue weighted by atomic mass is 9.90. The number of aryl methyl sites for hydroxylation is 1. The van der Waals surface area contributed by atoms with Crippen LogP contribution in [0.2, 0.25) is 0 Å². The zero-order valence-electron chi connectivity index (χ0n) is 18.5. The van der Waals surface area contributed by atoms with Gasteiger partial charge in [-0.15, -0.1) is 0 Å². The number of benzene rings is 1. The third kappa shape index (κ3) is 4.53. The Hall–Kier alpha value is -2.34. The van der Waals surface area contributed by atoms with Crippen LogP contribution in [0.15, 0.2) is 24.4 Å². The number of nitrogens with zero attached hydrogens (tertiary/aromatic N) is 1. The number of hydrogen-bond acceptors (Lipinski definition) is 3. The van der Waals surface area contributed by atoms with Crippen LogP contribution in [-0.2, 0) is 4.79 Å². The summed E-state index contributed by atoms with van der Waals surface area (Å²) in [6.45, 7) is 9.28. The normalized spacial score (nSPS) is 24.2. The summed E-state index contributed by atoms with van der Waals surface area (Å²) in [6.07, 6.45) is 6.21. The van der Waals surface area contributed by atoms with Crippen LogP contribution in [0.4, 0.5) is 0 Å². The van der Waals surface area contributed by atoms with Gasteiger partial charge in [0.25, 0.3) is 5.91 Å². The smallest absolute Gasteiger partial charge is 0.253 e. The highest BCUT2D eigenvalue weighted by Gasteiger charge is 2.41. The van der Waals surface area contributed by atoms with Gasteiger partial charge in [0.15, 0.2) is 0 Å². The molecule has 30 heavy (non-hydrogen) atoms. The molecule has 3 N–H and O–H groups in total. The van der Waals surface area contributed by atoms with Crippen molar-refractivity contribution in [1.29, 1.82) is 0 Å². The summed E-state index contributed by atoms with van der Waals surface area (Å²) in [5.74, 6) is 0.576. The highest BCUT2D eigenvalue weighted by molar-refractivity contribution is 6.06. The highest BCUT2D eigenvalue weighted by atomic mass is 16.2. The second-order valence-electron chi connectivity index (χ2n) is 10.2. The molecular formula is C24H34N4O2. The van der Waals surface area contributed by atoms with E-state index in [2.05, 4.69) is 26.6 Å². The molecule has 2 atom stereocenters. The van der Waals surface area contributed by atoms with Crippen molar-refractivity contribution >= 4 is 22.7 Å². The Labute approximate surface area is 178 Å². The van der Waals surface area contributed by atoms with Crippen molar-refractivity contribution in [1.82, 2.24) is 20.5 Å². The van der Waals surface area contributed by atoms with Crippen molar-refractivity contribution in [2.45, 2.75) is 71.0 Å². The molecule has 2 fully saturated rings. The van der Waals surface area contributed by atoms with E-state index in [0.717, 1.165) is 42.1 Å². The van der Waals surface area contributed by atoms with E-state index in [1.165, 1.54) is 0 Å². The van der Waals surface area contributed by atoms with Crippen LogP contribution in [0.5, 0.6) is 0 Å². The molecule has 6 heteroatoms. The number of rotatable bonds is 5. The minimum absolute atomic E-state index is 0.00817. The molecule has 2 unspecified atom stereocenters. The van der Waals surface area contributed by atoms with Crippen LogP contribution in [0.1, 0.15) is 62.4 Å². The third-order valence-corrected chi connectivity index (χ3v) is 6.46. The van der Waals surface area contributed by atoms with Crippen LogP contribution in [0, 0.1) is 12.8 Å². The number of aromatic nitrogens is 1. The monoisotopic (exact) mass is 410 g/mol. The maximum atomic E-state index is 12.8. The molecule has 2 aliphatic heterocycles. The Bertz CT molecular complexity index is 928. The largest absolute Gasteiger partial charge is 0.360 e. The molecule has 0 radical (unpaired) electrons. The quantitative estimate of drug-likeness (QED) is 0.707. The standard InChI is InChI=1S/C24H34N4O2/c1-15-5-8-21-19(9-15)20(13-25-21)23(30)26-12-16-10-17-6-7-18(11-16)28(17)14-22(29)27-24(2,3)4/h5,8-9,13,16-18,25H,6-7,10-12,14H2,1-4H3,(H,26,30)(H,27,29). The van der Waals surface area contributed by atoms with E-state index in [9.17, 15) is 9.59 Å². The lowest BCUT2D eigenvalue weighted by molar-refractivity contribution is -0.125. The Morgan fingerprint density at radius 1 is 1.17 bits per heavy atom. The summed E-state index contributed by atoms with van der Waals surface area (Å²) >= 11 is 0. The minimum Gasteiger partial charge on any atom is -0.360 e. The van der Waals surface area contributed by atoms with E-state index in [1.807, 2.05) is 39.8 Å². The molecule has 2 amide bonds. The average Bonchev–Trinajstić information content (AvgIpc) is 3.15. The number of carbonyl (C=O) groups excluding carboxylic acids is 2. The van der Waals surface area contributed by atoms with Crippen molar-refractivity contribution < 1.29 is 9.59 Å². The first-order valence-corrected chi connectivity index (χ1v) is 11.1. The summed E-state index contributed by atoms with van der Waals surface area (Å²) < 4.78 is 0. The fraction of sp³-hybridized carbons (Fsp3) is 0.583. The van der Waals surface area contributed by atoms with E-state index in [0.29, 0.717) is 36.7 Å². The molecule has 162 valence electrons. The topological polar surface area (TPSA) is 77.2 Å². The summed E-state index contributed by atoms with van der Waals surface area (Å²) in [7, 11) is 0. The Balaban J connectivity index is 1.32. The van der Waals surface area contributed by atoms with E-state index >= 15 is 0 Å². The van der Waals surface area contributed by atoms with Gasteiger partial charge in [0.05, 0.1) is 12.1 Å². The lowest BCUT2D eigenvalue weighted by Crippen LogP contribution is -2.52. The summed E-state index contributed by atoms with van der Waals surface area (Å²) in [5, 5.41) is 7.22. The second kappa shape index (κ2) is 8.06. The van der Waals surface area contributed by atoms with Crippen molar-refractivity contribution in [3.05, 3.63) is 35.5 Å². The Kier molecular flexibility index (Phi) is 5.62. The highest BCUT2D eigenvalue weighted by Crippen LogP contribution is 2.38. The molecule has 3 heterocycles. The van der Waals surface area contributed by atoms with E-state index in [-0.39, 0.29) is 17.4 Å². The molecule has 2 aromatic rings. The first kappa shape index (κ1) is 20.9. The maximum absolute atomic E-state index is 12.8. The molecule has 0 saturated carbocycles. The molecule has 2 aliphatic rings. The first-order valence-electron chi connectivity index (χ1n) is 11.1. The van der Waals surface area contributed by atoms with Crippen LogP contribution >= 0.6 is 0 Å². The van der Waals surface area contributed by atoms with Crippen LogP contribution < -0.4 is 10.6 Å². The fourth-order valence-corrected chi connectivity index (χ4v) is 5.19. The minimum atomic E-state index is -0.195. The Morgan fingerprint density at radius 3 is 2.53 bits per heavy atom. The molecule has 4 rings (SSSR count). The van der Waals surface area contributed by atoms with Crippen molar-refractivity contribution in [2.24, 2.45) is 5.92 Å². The van der Waals surface area contributed by atoms with Gasteiger partial charge in [0.2, 0.25) is 5.91 Å². The predicted octanol–water partition coefficient (Wildman–Crippen LogP) is 3.36.